The van der Waals surface area contributed by atoms with Crippen molar-refractivity contribution in [2.75, 3.05) is 0 Å². The summed E-state index contributed by atoms with van der Waals surface area (Å²) in [5.74, 6) is 1.26. The highest BCUT2D eigenvalue weighted by Crippen LogP contribution is 2.46. The zero-order valence-corrected chi connectivity index (χ0v) is 11.3. The Morgan fingerprint density at radius 3 is 2.68 bits per heavy atom. The molecule has 0 spiro atoms. The monoisotopic (exact) mass is 262 g/mol. The lowest BCUT2D eigenvalue weighted by Crippen LogP contribution is -2.25. The number of fused-ring (bicyclic) bond motifs is 2. The van der Waals surface area contributed by atoms with Gasteiger partial charge in [-0.05, 0) is 56.9 Å². The second-order valence-electron chi connectivity index (χ2n) is 5.80. The Balaban J connectivity index is 1.79. The molecule has 0 amide bonds. The van der Waals surface area contributed by atoms with Crippen LogP contribution < -0.4 is 5.63 Å². The van der Waals surface area contributed by atoms with Gasteiger partial charge in [0.2, 0.25) is 0 Å². The van der Waals surface area contributed by atoms with Crippen LogP contribution >= 0.6 is 0 Å². The van der Waals surface area contributed by atoms with Gasteiger partial charge in [-0.25, -0.2) is 9.59 Å². The summed E-state index contributed by atoms with van der Waals surface area (Å²) in [5, 5.41) is 0. The van der Waals surface area contributed by atoms with Crippen molar-refractivity contribution in [2.45, 2.75) is 45.6 Å². The Bertz CT molecular complexity index is 546. The molecule has 2 saturated carbocycles. The summed E-state index contributed by atoms with van der Waals surface area (Å²) in [6, 6.07) is 1.34. The van der Waals surface area contributed by atoms with Gasteiger partial charge in [0.25, 0.3) is 0 Å². The van der Waals surface area contributed by atoms with E-state index in [9.17, 15) is 9.59 Å². The SMILES string of the molecule is Cc1cc(=O)oc(C)c1C(=O)OC1CC2CCC1C2. The third-order valence-electron chi connectivity index (χ3n) is 4.47. The molecule has 2 fully saturated rings. The molecule has 3 atom stereocenters. The predicted molar refractivity (Wildman–Crippen MR) is 69.1 cm³/mol. The molecular formula is C15H18O4. The first-order chi connectivity index (χ1) is 9.04. The Labute approximate surface area is 111 Å². The molecule has 0 N–H and O–H groups in total. The lowest BCUT2D eigenvalue weighted by atomic mass is 9.97. The topological polar surface area (TPSA) is 56.5 Å². The maximum absolute atomic E-state index is 12.2. The fourth-order valence-corrected chi connectivity index (χ4v) is 3.59. The molecule has 0 saturated heterocycles. The van der Waals surface area contributed by atoms with Crippen LogP contribution in [0.3, 0.4) is 0 Å². The number of hydrogen-bond acceptors (Lipinski definition) is 4. The Kier molecular flexibility index (Phi) is 2.96. The molecule has 3 unspecified atom stereocenters. The zero-order chi connectivity index (χ0) is 13.6. The van der Waals surface area contributed by atoms with Crippen LogP contribution in [-0.2, 0) is 4.74 Å². The van der Waals surface area contributed by atoms with Gasteiger partial charge >= 0.3 is 11.6 Å². The minimum Gasteiger partial charge on any atom is -0.458 e. The summed E-state index contributed by atoms with van der Waals surface area (Å²) in [6.45, 7) is 3.37. The van der Waals surface area contributed by atoms with Crippen LogP contribution in [0.2, 0.25) is 0 Å². The lowest BCUT2D eigenvalue weighted by Gasteiger charge is -2.22. The molecule has 0 radical (unpaired) electrons. The number of esters is 1. The number of ether oxygens (including phenoxy) is 1. The normalized spacial score (nSPS) is 28.6. The average Bonchev–Trinajstić information content (AvgIpc) is 2.89. The van der Waals surface area contributed by atoms with Crippen molar-refractivity contribution in [2.24, 2.45) is 11.8 Å². The van der Waals surface area contributed by atoms with Gasteiger partial charge in [-0.15, -0.1) is 0 Å². The molecule has 2 bridgehead atoms. The minimum atomic E-state index is -0.425. The van der Waals surface area contributed by atoms with Crippen molar-refractivity contribution in [3.8, 4) is 0 Å². The first-order valence-corrected chi connectivity index (χ1v) is 6.87. The Morgan fingerprint density at radius 2 is 2.11 bits per heavy atom. The van der Waals surface area contributed by atoms with Crippen molar-refractivity contribution in [3.05, 3.63) is 33.4 Å². The molecule has 1 aromatic heterocycles. The van der Waals surface area contributed by atoms with Gasteiger partial charge in [0.1, 0.15) is 17.4 Å². The molecular weight excluding hydrogens is 244 g/mol. The minimum absolute atomic E-state index is 0.0528. The molecule has 2 aliphatic carbocycles. The first kappa shape index (κ1) is 12.5. The maximum atomic E-state index is 12.2. The molecule has 19 heavy (non-hydrogen) atoms. The van der Waals surface area contributed by atoms with E-state index in [-0.39, 0.29) is 12.1 Å². The zero-order valence-electron chi connectivity index (χ0n) is 11.3. The van der Waals surface area contributed by atoms with Gasteiger partial charge in [0, 0.05) is 6.07 Å². The molecule has 1 heterocycles. The summed E-state index contributed by atoms with van der Waals surface area (Å²) in [4.78, 5) is 23.5. The number of carbonyl (C=O) groups is 1. The van der Waals surface area contributed by atoms with E-state index in [0.29, 0.717) is 22.8 Å². The van der Waals surface area contributed by atoms with E-state index < -0.39 is 5.63 Å². The summed E-state index contributed by atoms with van der Waals surface area (Å²) >= 11 is 0. The van der Waals surface area contributed by atoms with E-state index in [1.54, 1.807) is 13.8 Å². The molecule has 0 aliphatic heterocycles. The Morgan fingerprint density at radius 1 is 1.32 bits per heavy atom. The van der Waals surface area contributed by atoms with E-state index >= 15 is 0 Å². The fraction of sp³-hybridized carbons (Fsp3) is 0.600. The molecule has 1 aromatic rings. The quantitative estimate of drug-likeness (QED) is 0.769. The maximum Gasteiger partial charge on any atom is 0.342 e. The number of carbonyl (C=O) groups excluding carboxylic acids is 1. The van der Waals surface area contributed by atoms with Gasteiger partial charge in [0.05, 0.1) is 0 Å². The van der Waals surface area contributed by atoms with Crippen molar-refractivity contribution >= 4 is 5.97 Å². The number of rotatable bonds is 2. The number of aryl methyl sites for hydroxylation is 2. The smallest absolute Gasteiger partial charge is 0.342 e. The van der Waals surface area contributed by atoms with Crippen LogP contribution in [0.1, 0.15) is 47.4 Å². The Hall–Kier alpha value is -1.58. The first-order valence-electron chi connectivity index (χ1n) is 6.87. The van der Waals surface area contributed by atoms with Crippen LogP contribution in [0, 0.1) is 25.7 Å². The third kappa shape index (κ3) is 2.20. The summed E-state index contributed by atoms with van der Waals surface area (Å²) in [7, 11) is 0. The van der Waals surface area contributed by atoms with Crippen molar-refractivity contribution in [1.82, 2.24) is 0 Å². The van der Waals surface area contributed by atoms with E-state index in [1.807, 2.05) is 0 Å². The van der Waals surface area contributed by atoms with Crippen LogP contribution in [0.4, 0.5) is 0 Å². The van der Waals surface area contributed by atoms with Gasteiger partial charge < -0.3 is 9.15 Å². The van der Waals surface area contributed by atoms with Gasteiger partial charge in [-0.2, -0.15) is 0 Å². The fourth-order valence-electron chi connectivity index (χ4n) is 3.59. The number of hydrogen-bond donors (Lipinski definition) is 0. The molecule has 4 heteroatoms. The van der Waals surface area contributed by atoms with E-state index in [4.69, 9.17) is 9.15 Å². The summed E-state index contributed by atoms with van der Waals surface area (Å²) in [5.41, 5.74) is 0.607. The third-order valence-corrected chi connectivity index (χ3v) is 4.47. The van der Waals surface area contributed by atoms with Crippen LogP contribution in [0.15, 0.2) is 15.3 Å². The van der Waals surface area contributed by atoms with Crippen LogP contribution in [0.5, 0.6) is 0 Å². The standard InChI is InChI=1S/C15H18O4/c1-8-5-13(16)18-9(2)14(8)15(17)19-12-7-10-3-4-11(12)6-10/h5,10-12H,3-4,6-7H2,1-2H3. The van der Waals surface area contributed by atoms with E-state index in [1.165, 1.54) is 25.3 Å². The van der Waals surface area contributed by atoms with Crippen molar-refractivity contribution in [1.29, 1.82) is 0 Å². The highest BCUT2D eigenvalue weighted by Gasteiger charge is 2.42. The summed E-state index contributed by atoms with van der Waals surface area (Å²) in [6.07, 6.45) is 4.68. The molecule has 102 valence electrons. The highest BCUT2D eigenvalue weighted by atomic mass is 16.5. The van der Waals surface area contributed by atoms with Gasteiger partial charge in [-0.3, -0.25) is 0 Å². The molecule has 4 nitrogen and oxygen atoms in total. The van der Waals surface area contributed by atoms with E-state index in [2.05, 4.69) is 0 Å². The predicted octanol–water partition coefficient (Wildman–Crippen LogP) is 2.60. The van der Waals surface area contributed by atoms with Crippen molar-refractivity contribution in [3.63, 3.8) is 0 Å². The van der Waals surface area contributed by atoms with Crippen LogP contribution in [0.25, 0.3) is 0 Å². The lowest BCUT2D eigenvalue weighted by molar-refractivity contribution is 0.0153. The van der Waals surface area contributed by atoms with E-state index in [0.717, 1.165) is 12.3 Å². The van der Waals surface area contributed by atoms with Crippen LogP contribution in [-0.4, -0.2) is 12.1 Å². The largest absolute Gasteiger partial charge is 0.458 e. The van der Waals surface area contributed by atoms with Gasteiger partial charge in [-0.1, -0.05) is 0 Å². The summed E-state index contributed by atoms with van der Waals surface area (Å²) < 4.78 is 10.6. The molecule has 3 rings (SSSR count). The van der Waals surface area contributed by atoms with Gasteiger partial charge in [0.15, 0.2) is 0 Å². The molecule has 2 aliphatic rings. The second-order valence-corrected chi connectivity index (χ2v) is 5.80. The van der Waals surface area contributed by atoms with Crippen molar-refractivity contribution < 1.29 is 13.9 Å². The highest BCUT2D eigenvalue weighted by molar-refractivity contribution is 5.92. The average molecular weight is 262 g/mol. The second kappa shape index (κ2) is 4.51. The molecule has 0 aromatic carbocycles.